The molecule has 1 saturated heterocycles. The van der Waals surface area contributed by atoms with E-state index in [1.807, 2.05) is 0 Å². The minimum Gasteiger partial charge on any atom is -0.478 e. The molecule has 21 heavy (non-hydrogen) atoms. The van der Waals surface area contributed by atoms with Gasteiger partial charge < -0.3 is 15.2 Å². The molecule has 0 bridgehead atoms. The fourth-order valence-electron chi connectivity index (χ4n) is 2.77. The third kappa shape index (κ3) is 3.19. The van der Waals surface area contributed by atoms with Crippen LogP contribution in [-0.4, -0.2) is 38.8 Å². The highest BCUT2D eigenvalue weighted by atomic mass is 32.3. The number of nitrogens with one attached hydrogen (secondary N) is 1. The molecule has 6 nitrogen and oxygen atoms in total. The zero-order chi connectivity index (χ0) is 15.0. The van der Waals surface area contributed by atoms with Crippen molar-refractivity contribution in [2.45, 2.75) is 37.7 Å². The molecule has 0 radical (unpaired) electrons. The Balaban J connectivity index is 1.89. The van der Waals surface area contributed by atoms with Crippen LogP contribution in [0.25, 0.3) is 0 Å². The maximum atomic E-state index is 11.6. The van der Waals surface area contributed by atoms with Gasteiger partial charge in [0.25, 0.3) is 0 Å². The number of ether oxygens (including phenoxy) is 1. The van der Waals surface area contributed by atoms with E-state index in [1.54, 1.807) is 0 Å². The van der Waals surface area contributed by atoms with E-state index < -0.39 is 16.6 Å². The molecule has 1 aromatic heterocycles. The van der Waals surface area contributed by atoms with E-state index in [0.717, 1.165) is 29.7 Å². The average Bonchev–Trinajstić information content (AvgIpc) is 2.75. The number of anilines is 1. The SMILES string of the molecule is O=C(O)c1c(NC2CCCCO2)sc2c1CCS(O)(O)C2. The monoisotopic (exact) mass is 333 g/mol. The second kappa shape index (κ2) is 5.77. The van der Waals surface area contributed by atoms with Gasteiger partial charge in [0.15, 0.2) is 0 Å². The summed E-state index contributed by atoms with van der Waals surface area (Å²) >= 11 is 1.32. The van der Waals surface area contributed by atoms with E-state index in [0.29, 0.717) is 18.0 Å². The predicted octanol–water partition coefficient (Wildman–Crippen LogP) is 3.19. The largest absolute Gasteiger partial charge is 0.478 e. The third-order valence-electron chi connectivity index (χ3n) is 3.82. The van der Waals surface area contributed by atoms with E-state index in [-0.39, 0.29) is 23.3 Å². The van der Waals surface area contributed by atoms with Gasteiger partial charge in [-0.25, -0.2) is 4.79 Å². The van der Waals surface area contributed by atoms with Crippen molar-refractivity contribution in [3.05, 3.63) is 16.0 Å². The first kappa shape index (κ1) is 15.1. The number of carboxylic acids is 1. The molecule has 1 atom stereocenters. The molecule has 3 rings (SSSR count). The second-order valence-corrected chi connectivity index (χ2v) is 8.82. The van der Waals surface area contributed by atoms with Gasteiger partial charge in [0.05, 0.1) is 11.3 Å². The van der Waals surface area contributed by atoms with Crippen molar-refractivity contribution in [3.8, 4) is 0 Å². The summed E-state index contributed by atoms with van der Waals surface area (Å²) in [6.07, 6.45) is 3.20. The summed E-state index contributed by atoms with van der Waals surface area (Å²) in [5.74, 6) is -0.555. The van der Waals surface area contributed by atoms with Crippen LogP contribution in [0, 0.1) is 0 Å². The number of carboxylic acid groups (broad SMARTS) is 1. The molecule has 0 aliphatic carbocycles. The van der Waals surface area contributed by atoms with Crippen LogP contribution in [0.1, 0.15) is 40.1 Å². The van der Waals surface area contributed by atoms with Crippen LogP contribution in [0.3, 0.4) is 0 Å². The number of thiophene rings is 1. The van der Waals surface area contributed by atoms with Gasteiger partial charge in [0.1, 0.15) is 11.2 Å². The standard InChI is InChI=1S/C13H19NO5S2/c15-13(16)11-8-4-6-21(17,18)7-9(8)20-12(11)14-10-3-1-2-5-19-10/h10,14,17-18H,1-7H2,(H,15,16). The van der Waals surface area contributed by atoms with Crippen LogP contribution < -0.4 is 5.32 Å². The number of hydrogen-bond donors (Lipinski definition) is 4. The molecule has 8 heteroatoms. The zero-order valence-electron chi connectivity index (χ0n) is 11.5. The lowest BCUT2D eigenvalue weighted by molar-refractivity contribution is 0.0344. The normalized spacial score (nSPS) is 25.9. The molecule has 0 amide bonds. The summed E-state index contributed by atoms with van der Waals surface area (Å²) in [5.41, 5.74) is 1.02. The minimum atomic E-state index is -2.60. The van der Waals surface area contributed by atoms with Gasteiger partial charge in [-0.05, 0) is 31.2 Å². The number of aromatic carboxylic acids is 1. The Kier molecular flexibility index (Phi) is 4.15. The molecule has 118 valence electrons. The quantitative estimate of drug-likeness (QED) is 0.678. The van der Waals surface area contributed by atoms with Crippen molar-refractivity contribution in [2.24, 2.45) is 0 Å². The van der Waals surface area contributed by atoms with Gasteiger partial charge in [-0.1, -0.05) is 0 Å². The van der Waals surface area contributed by atoms with E-state index in [4.69, 9.17) is 4.74 Å². The molecule has 3 heterocycles. The highest BCUT2D eigenvalue weighted by Gasteiger charge is 2.31. The van der Waals surface area contributed by atoms with Crippen molar-refractivity contribution in [1.29, 1.82) is 0 Å². The Hall–Kier alpha value is -0.800. The maximum absolute atomic E-state index is 11.6. The lowest BCUT2D eigenvalue weighted by Crippen LogP contribution is -2.27. The average molecular weight is 333 g/mol. The molecule has 1 fully saturated rings. The Bertz CT molecular complexity index is 551. The summed E-state index contributed by atoms with van der Waals surface area (Å²) in [6.45, 7) is 0.686. The van der Waals surface area contributed by atoms with E-state index in [2.05, 4.69) is 5.32 Å². The number of fused-ring (bicyclic) bond motifs is 1. The smallest absolute Gasteiger partial charge is 0.338 e. The molecular weight excluding hydrogens is 314 g/mol. The Labute approximate surface area is 128 Å². The zero-order valence-corrected chi connectivity index (χ0v) is 13.1. The van der Waals surface area contributed by atoms with E-state index in [9.17, 15) is 19.0 Å². The summed E-state index contributed by atoms with van der Waals surface area (Å²) in [5, 5.41) is 13.2. The minimum absolute atomic E-state index is 0.155. The first-order valence-corrected chi connectivity index (χ1v) is 9.66. The second-order valence-electron chi connectivity index (χ2n) is 5.41. The van der Waals surface area contributed by atoms with Crippen molar-refractivity contribution in [3.63, 3.8) is 0 Å². The number of carbonyl (C=O) groups is 1. The van der Waals surface area contributed by atoms with Crippen molar-refractivity contribution < 1.29 is 23.7 Å². The summed E-state index contributed by atoms with van der Waals surface area (Å²) in [6, 6.07) is 0. The number of hydrogen-bond acceptors (Lipinski definition) is 6. The van der Waals surface area contributed by atoms with Crippen LogP contribution in [0.15, 0.2) is 0 Å². The van der Waals surface area contributed by atoms with Gasteiger partial charge in [-0.3, -0.25) is 9.11 Å². The Morgan fingerprint density at radius 2 is 2.19 bits per heavy atom. The van der Waals surface area contributed by atoms with Gasteiger partial charge in [0.2, 0.25) is 0 Å². The van der Waals surface area contributed by atoms with Crippen molar-refractivity contribution in [2.75, 3.05) is 17.7 Å². The van der Waals surface area contributed by atoms with Gasteiger partial charge >= 0.3 is 5.97 Å². The van der Waals surface area contributed by atoms with E-state index in [1.165, 1.54) is 11.3 Å². The Morgan fingerprint density at radius 1 is 1.38 bits per heavy atom. The molecular formula is C13H19NO5S2. The lowest BCUT2D eigenvalue weighted by atomic mass is 10.1. The van der Waals surface area contributed by atoms with Gasteiger partial charge in [-0.15, -0.1) is 11.3 Å². The van der Waals surface area contributed by atoms with E-state index >= 15 is 0 Å². The van der Waals surface area contributed by atoms with Crippen molar-refractivity contribution >= 4 is 32.9 Å². The highest BCUT2D eigenvalue weighted by molar-refractivity contribution is 8.23. The summed E-state index contributed by atoms with van der Waals surface area (Å²) in [7, 11) is -2.60. The molecule has 0 spiro atoms. The molecule has 2 aliphatic rings. The predicted molar refractivity (Wildman–Crippen MR) is 83.6 cm³/mol. The van der Waals surface area contributed by atoms with Crippen LogP contribution >= 0.6 is 21.9 Å². The highest BCUT2D eigenvalue weighted by Crippen LogP contribution is 2.51. The molecule has 0 aromatic carbocycles. The summed E-state index contributed by atoms with van der Waals surface area (Å²) in [4.78, 5) is 12.3. The topological polar surface area (TPSA) is 99.0 Å². The molecule has 4 N–H and O–H groups in total. The molecule has 1 unspecified atom stereocenters. The maximum Gasteiger partial charge on any atom is 0.338 e. The molecule has 0 saturated carbocycles. The lowest BCUT2D eigenvalue weighted by Gasteiger charge is -2.35. The Morgan fingerprint density at radius 3 is 2.86 bits per heavy atom. The van der Waals surface area contributed by atoms with Crippen LogP contribution in [0.4, 0.5) is 5.00 Å². The van der Waals surface area contributed by atoms with Crippen molar-refractivity contribution in [1.82, 2.24) is 0 Å². The number of rotatable bonds is 3. The molecule has 2 aliphatic heterocycles. The fourth-order valence-corrected chi connectivity index (χ4v) is 5.92. The first-order chi connectivity index (χ1) is 9.96. The van der Waals surface area contributed by atoms with Crippen LogP contribution in [0.5, 0.6) is 0 Å². The van der Waals surface area contributed by atoms with Gasteiger partial charge in [-0.2, -0.15) is 10.6 Å². The van der Waals surface area contributed by atoms with Gasteiger partial charge in [0, 0.05) is 17.2 Å². The fraction of sp³-hybridized carbons (Fsp3) is 0.615. The van der Waals surface area contributed by atoms with Crippen LogP contribution in [0.2, 0.25) is 0 Å². The first-order valence-electron chi connectivity index (χ1n) is 6.96. The molecule has 1 aromatic rings. The third-order valence-corrected chi connectivity index (χ3v) is 6.77. The van der Waals surface area contributed by atoms with Crippen LogP contribution in [-0.2, 0) is 16.9 Å². The summed E-state index contributed by atoms with van der Waals surface area (Å²) < 4.78 is 25.3.